The van der Waals surface area contributed by atoms with Crippen LogP contribution in [0.4, 0.5) is 4.79 Å². The molecule has 5 nitrogen and oxygen atoms in total. The summed E-state index contributed by atoms with van der Waals surface area (Å²) in [5.41, 5.74) is 2.00. The van der Waals surface area contributed by atoms with Crippen LogP contribution >= 0.6 is 11.8 Å². The standard InChI is InChI=1S/C24H24N2O3S/c1-17(2)15-26-23(27)22(30-24(26)28)14-18-16-25(21-11-7-6-10-20(18)21)12-13-29-19-8-4-3-5-9-19/h3-11,14,16-17H,12-13,15H2,1-2H3/b22-14-. The average molecular weight is 421 g/mol. The molecule has 2 heterocycles. The molecule has 0 spiro atoms. The molecule has 3 aromatic rings. The van der Waals surface area contributed by atoms with Gasteiger partial charge in [-0.25, -0.2) is 0 Å². The summed E-state index contributed by atoms with van der Waals surface area (Å²) in [5.74, 6) is 0.875. The van der Waals surface area contributed by atoms with Crippen molar-refractivity contribution in [2.45, 2.75) is 20.4 Å². The van der Waals surface area contributed by atoms with Crippen LogP contribution in [0, 0.1) is 5.92 Å². The fraction of sp³-hybridized carbons (Fsp3) is 0.250. The van der Waals surface area contributed by atoms with E-state index in [4.69, 9.17) is 4.74 Å². The van der Waals surface area contributed by atoms with Crippen molar-refractivity contribution in [1.29, 1.82) is 0 Å². The van der Waals surface area contributed by atoms with Gasteiger partial charge >= 0.3 is 0 Å². The summed E-state index contributed by atoms with van der Waals surface area (Å²) in [6.07, 6.45) is 3.86. The second-order valence-electron chi connectivity index (χ2n) is 7.64. The van der Waals surface area contributed by atoms with Crippen LogP contribution in [0.2, 0.25) is 0 Å². The number of aromatic nitrogens is 1. The molecule has 2 aromatic carbocycles. The number of benzene rings is 2. The minimum atomic E-state index is -0.206. The summed E-state index contributed by atoms with van der Waals surface area (Å²) < 4.78 is 7.97. The van der Waals surface area contributed by atoms with Gasteiger partial charge in [0.25, 0.3) is 11.1 Å². The van der Waals surface area contributed by atoms with E-state index in [-0.39, 0.29) is 17.1 Å². The number of ether oxygens (including phenoxy) is 1. The highest BCUT2D eigenvalue weighted by atomic mass is 32.2. The number of carbonyl (C=O) groups excluding carboxylic acids is 2. The molecule has 1 saturated heterocycles. The van der Waals surface area contributed by atoms with E-state index in [1.807, 2.05) is 74.7 Å². The third-order valence-corrected chi connectivity index (χ3v) is 5.78. The summed E-state index contributed by atoms with van der Waals surface area (Å²) >= 11 is 1.02. The third-order valence-electron chi connectivity index (χ3n) is 4.87. The van der Waals surface area contributed by atoms with Crippen LogP contribution in [0.3, 0.4) is 0 Å². The van der Waals surface area contributed by atoms with E-state index < -0.39 is 0 Å². The minimum Gasteiger partial charge on any atom is -0.492 e. The molecule has 0 unspecified atom stereocenters. The topological polar surface area (TPSA) is 51.5 Å². The molecule has 1 aromatic heterocycles. The largest absolute Gasteiger partial charge is 0.492 e. The monoisotopic (exact) mass is 420 g/mol. The SMILES string of the molecule is CC(C)CN1C(=O)S/C(=C\c2cn(CCOc3ccccc3)c3ccccc23)C1=O. The molecule has 0 saturated carbocycles. The molecule has 0 N–H and O–H groups in total. The minimum absolute atomic E-state index is 0.194. The molecule has 1 aliphatic heterocycles. The highest BCUT2D eigenvalue weighted by Gasteiger charge is 2.35. The van der Waals surface area contributed by atoms with Crippen LogP contribution in [0.15, 0.2) is 65.7 Å². The van der Waals surface area contributed by atoms with Crippen molar-refractivity contribution in [3.63, 3.8) is 0 Å². The number of amides is 2. The maximum atomic E-state index is 12.7. The summed E-state index contributed by atoms with van der Waals surface area (Å²) in [6, 6.07) is 17.8. The molecule has 0 atom stereocenters. The Bertz CT molecular complexity index is 1100. The molecule has 0 radical (unpaired) electrons. The Kier molecular flexibility index (Phi) is 5.95. The lowest BCUT2D eigenvalue weighted by molar-refractivity contribution is -0.123. The molecule has 1 fully saturated rings. The summed E-state index contributed by atoms with van der Waals surface area (Å²) in [6.45, 7) is 5.65. The quantitative estimate of drug-likeness (QED) is 0.480. The Morgan fingerprint density at radius 3 is 2.53 bits per heavy atom. The lowest BCUT2D eigenvalue weighted by atomic mass is 10.1. The molecular weight excluding hydrogens is 396 g/mol. The second kappa shape index (κ2) is 8.79. The Labute approximate surface area is 180 Å². The maximum absolute atomic E-state index is 12.7. The van der Waals surface area contributed by atoms with Crippen LogP contribution in [-0.2, 0) is 11.3 Å². The predicted octanol–water partition coefficient (Wildman–Crippen LogP) is 5.41. The number of hydrogen-bond donors (Lipinski definition) is 0. The average Bonchev–Trinajstić information content (AvgIpc) is 3.21. The van der Waals surface area contributed by atoms with Gasteiger partial charge in [0.15, 0.2) is 0 Å². The van der Waals surface area contributed by atoms with Gasteiger partial charge in [-0.2, -0.15) is 0 Å². The number of fused-ring (bicyclic) bond motifs is 1. The van der Waals surface area contributed by atoms with Gasteiger partial charge in [0.2, 0.25) is 0 Å². The maximum Gasteiger partial charge on any atom is 0.293 e. The zero-order valence-corrected chi connectivity index (χ0v) is 17.9. The molecule has 0 aliphatic carbocycles. The van der Waals surface area contributed by atoms with Crippen molar-refractivity contribution < 1.29 is 14.3 Å². The van der Waals surface area contributed by atoms with Gasteiger partial charge in [-0.15, -0.1) is 0 Å². The molecule has 1 aliphatic rings. The van der Waals surface area contributed by atoms with E-state index in [0.29, 0.717) is 24.6 Å². The lowest BCUT2D eigenvalue weighted by Gasteiger charge is -2.14. The van der Waals surface area contributed by atoms with E-state index in [1.54, 1.807) is 0 Å². The fourth-order valence-electron chi connectivity index (χ4n) is 3.52. The number of imide groups is 1. The van der Waals surface area contributed by atoms with Gasteiger partial charge in [0, 0.05) is 29.2 Å². The van der Waals surface area contributed by atoms with Gasteiger partial charge < -0.3 is 9.30 Å². The second-order valence-corrected chi connectivity index (χ2v) is 8.64. The zero-order valence-electron chi connectivity index (χ0n) is 17.1. The first-order valence-corrected chi connectivity index (χ1v) is 10.9. The molecule has 2 amide bonds. The van der Waals surface area contributed by atoms with E-state index in [0.717, 1.165) is 34.0 Å². The van der Waals surface area contributed by atoms with Gasteiger partial charge in [0.1, 0.15) is 12.4 Å². The van der Waals surface area contributed by atoms with E-state index in [2.05, 4.69) is 10.6 Å². The first-order valence-electron chi connectivity index (χ1n) is 10.0. The number of rotatable bonds is 7. The normalized spacial score (nSPS) is 15.7. The molecule has 30 heavy (non-hydrogen) atoms. The molecular formula is C24H24N2O3S. The third kappa shape index (κ3) is 4.28. The number of carbonyl (C=O) groups is 2. The predicted molar refractivity (Wildman–Crippen MR) is 121 cm³/mol. The van der Waals surface area contributed by atoms with Crippen molar-refractivity contribution in [2.75, 3.05) is 13.2 Å². The highest BCUT2D eigenvalue weighted by molar-refractivity contribution is 8.18. The molecule has 6 heteroatoms. The molecule has 154 valence electrons. The lowest BCUT2D eigenvalue weighted by Crippen LogP contribution is -2.31. The van der Waals surface area contributed by atoms with Crippen LogP contribution in [-0.4, -0.2) is 33.8 Å². The van der Waals surface area contributed by atoms with Crippen LogP contribution < -0.4 is 4.74 Å². The number of nitrogens with zero attached hydrogens (tertiary/aromatic N) is 2. The van der Waals surface area contributed by atoms with Crippen molar-refractivity contribution in [2.24, 2.45) is 5.92 Å². The van der Waals surface area contributed by atoms with Gasteiger partial charge in [-0.05, 0) is 42.0 Å². The van der Waals surface area contributed by atoms with Crippen LogP contribution in [0.25, 0.3) is 17.0 Å². The Hall–Kier alpha value is -2.99. The van der Waals surface area contributed by atoms with Gasteiger partial charge in [-0.3, -0.25) is 14.5 Å². The Morgan fingerprint density at radius 2 is 1.77 bits per heavy atom. The van der Waals surface area contributed by atoms with Crippen molar-refractivity contribution in [3.8, 4) is 5.75 Å². The Morgan fingerprint density at radius 1 is 1.03 bits per heavy atom. The number of para-hydroxylation sites is 2. The van der Waals surface area contributed by atoms with E-state index >= 15 is 0 Å². The summed E-state index contributed by atoms with van der Waals surface area (Å²) in [5, 5.41) is 0.854. The smallest absolute Gasteiger partial charge is 0.293 e. The van der Waals surface area contributed by atoms with Crippen LogP contribution in [0.1, 0.15) is 19.4 Å². The first-order chi connectivity index (χ1) is 14.5. The van der Waals surface area contributed by atoms with Crippen molar-refractivity contribution in [3.05, 3.63) is 71.3 Å². The molecule has 0 bridgehead atoms. The summed E-state index contributed by atoms with van der Waals surface area (Å²) in [7, 11) is 0. The highest BCUT2D eigenvalue weighted by Crippen LogP contribution is 2.34. The van der Waals surface area contributed by atoms with Gasteiger partial charge in [0.05, 0.1) is 11.4 Å². The first kappa shape index (κ1) is 20.3. The Balaban J connectivity index is 1.57. The van der Waals surface area contributed by atoms with Crippen molar-refractivity contribution >= 4 is 39.9 Å². The zero-order chi connectivity index (χ0) is 21.1. The number of hydrogen-bond acceptors (Lipinski definition) is 4. The van der Waals surface area contributed by atoms with E-state index in [9.17, 15) is 9.59 Å². The molecule has 4 rings (SSSR count). The van der Waals surface area contributed by atoms with E-state index in [1.165, 1.54) is 4.90 Å². The number of thioether (sulfide) groups is 1. The summed E-state index contributed by atoms with van der Waals surface area (Å²) in [4.78, 5) is 26.8. The van der Waals surface area contributed by atoms with Crippen LogP contribution in [0.5, 0.6) is 5.75 Å². The fourth-order valence-corrected chi connectivity index (χ4v) is 4.36. The van der Waals surface area contributed by atoms with Gasteiger partial charge in [-0.1, -0.05) is 50.2 Å². The van der Waals surface area contributed by atoms with Crippen molar-refractivity contribution in [1.82, 2.24) is 9.47 Å².